The normalized spacial score (nSPS) is 18.9. The SMILES string of the molecule is Cc1cc2c(cc1C)CN(C(=O)C1CCNCC1)CC2.Cl. The molecule has 0 bridgehead atoms. The summed E-state index contributed by atoms with van der Waals surface area (Å²) in [5, 5.41) is 3.33. The van der Waals surface area contributed by atoms with Crippen molar-refractivity contribution in [1.82, 2.24) is 10.2 Å². The summed E-state index contributed by atoms with van der Waals surface area (Å²) in [6, 6.07) is 4.57. The molecule has 0 atom stereocenters. The van der Waals surface area contributed by atoms with E-state index in [1.54, 1.807) is 0 Å². The number of benzene rings is 1. The van der Waals surface area contributed by atoms with Crippen LogP contribution in [0.15, 0.2) is 12.1 Å². The van der Waals surface area contributed by atoms with Crippen molar-refractivity contribution in [1.29, 1.82) is 0 Å². The van der Waals surface area contributed by atoms with Crippen LogP contribution < -0.4 is 5.32 Å². The molecule has 2 heterocycles. The van der Waals surface area contributed by atoms with E-state index >= 15 is 0 Å². The third-order valence-electron chi connectivity index (χ3n) is 4.83. The Hall–Kier alpha value is -1.06. The van der Waals surface area contributed by atoms with E-state index in [4.69, 9.17) is 0 Å². The fourth-order valence-electron chi connectivity index (χ4n) is 3.37. The van der Waals surface area contributed by atoms with Gasteiger partial charge in [-0.05, 0) is 68.5 Å². The average Bonchev–Trinajstić information content (AvgIpc) is 2.48. The van der Waals surface area contributed by atoms with E-state index in [-0.39, 0.29) is 18.3 Å². The van der Waals surface area contributed by atoms with Crippen LogP contribution in [0, 0.1) is 19.8 Å². The molecule has 0 aliphatic carbocycles. The van der Waals surface area contributed by atoms with Gasteiger partial charge in [-0.1, -0.05) is 12.1 Å². The second-order valence-corrected chi connectivity index (χ2v) is 6.24. The summed E-state index contributed by atoms with van der Waals surface area (Å²) < 4.78 is 0. The molecular formula is C17H25ClN2O. The van der Waals surface area contributed by atoms with Crippen molar-refractivity contribution in [2.45, 2.75) is 39.7 Å². The minimum absolute atomic E-state index is 0. The smallest absolute Gasteiger partial charge is 0.226 e. The Morgan fingerprint density at radius 2 is 1.76 bits per heavy atom. The Morgan fingerprint density at radius 1 is 1.14 bits per heavy atom. The van der Waals surface area contributed by atoms with Crippen molar-refractivity contribution in [2.24, 2.45) is 5.92 Å². The fraction of sp³-hybridized carbons (Fsp3) is 0.588. The summed E-state index contributed by atoms with van der Waals surface area (Å²) in [6.07, 6.45) is 3.00. The number of carbonyl (C=O) groups excluding carboxylic acids is 1. The van der Waals surface area contributed by atoms with Crippen LogP contribution in [0.25, 0.3) is 0 Å². The number of amides is 1. The van der Waals surface area contributed by atoms with Crippen molar-refractivity contribution < 1.29 is 4.79 Å². The molecule has 1 saturated heterocycles. The number of halogens is 1. The molecule has 21 heavy (non-hydrogen) atoms. The van der Waals surface area contributed by atoms with Crippen LogP contribution in [0.2, 0.25) is 0 Å². The quantitative estimate of drug-likeness (QED) is 0.865. The molecule has 2 aliphatic rings. The first-order chi connectivity index (χ1) is 9.65. The Kier molecular flexibility index (Phi) is 5.28. The monoisotopic (exact) mass is 308 g/mol. The standard InChI is InChI=1S/C17H24N2O.ClH/c1-12-9-15-5-8-19(11-16(15)10-13(12)2)17(20)14-3-6-18-7-4-14;/h9-10,14,18H,3-8,11H2,1-2H3;1H. The van der Waals surface area contributed by atoms with E-state index in [0.29, 0.717) is 5.91 Å². The van der Waals surface area contributed by atoms with Crippen LogP contribution in [-0.4, -0.2) is 30.4 Å². The van der Waals surface area contributed by atoms with Gasteiger partial charge >= 0.3 is 0 Å². The fourth-order valence-corrected chi connectivity index (χ4v) is 3.37. The van der Waals surface area contributed by atoms with E-state index < -0.39 is 0 Å². The van der Waals surface area contributed by atoms with Gasteiger partial charge in [-0.3, -0.25) is 4.79 Å². The minimum Gasteiger partial charge on any atom is -0.338 e. The molecule has 1 aromatic carbocycles. The molecule has 2 aliphatic heterocycles. The molecule has 1 N–H and O–H groups in total. The summed E-state index contributed by atoms with van der Waals surface area (Å²) in [6.45, 7) is 7.99. The van der Waals surface area contributed by atoms with Gasteiger partial charge < -0.3 is 10.2 Å². The molecule has 0 spiro atoms. The predicted octanol–water partition coefficient (Wildman–Crippen LogP) is 2.61. The van der Waals surface area contributed by atoms with Crippen LogP contribution >= 0.6 is 12.4 Å². The summed E-state index contributed by atoms with van der Waals surface area (Å²) in [4.78, 5) is 14.7. The largest absolute Gasteiger partial charge is 0.338 e. The maximum absolute atomic E-state index is 12.6. The van der Waals surface area contributed by atoms with Crippen molar-refractivity contribution in [3.05, 3.63) is 34.4 Å². The first-order valence-corrected chi connectivity index (χ1v) is 7.73. The van der Waals surface area contributed by atoms with Crippen LogP contribution in [-0.2, 0) is 17.8 Å². The van der Waals surface area contributed by atoms with Crippen LogP contribution in [0.5, 0.6) is 0 Å². The van der Waals surface area contributed by atoms with Crippen LogP contribution in [0.3, 0.4) is 0 Å². The van der Waals surface area contributed by atoms with Gasteiger partial charge in [0.1, 0.15) is 0 Å². The Morgan fingerprint density at radius 3 is 2.43 bits per heavy atom. The number of nitrogens with one attached hydrogen (secondary N) is 1. The highest BCUT2D eigenvalue weighted by atomic mass is 35.5. The summed E-state index contributed by atoms with van der Waals surface area (Å²) >= 11 is 0. The number of hydrogen-bond acceptors (Lipinski definition) is 2. The third kappa shape index (κ3) is 3.41. The van der Waals surface area contributed by atoms with E-state index in [1.165, 1.54) is 22.3 Å². The molecule has 4 heteroatoms. The zero-order valence-corrected chi connectivity index (χ0v) is 13.8. The molecule has 0 aromatic heterocycles. The molecule has 3 nitrogen and oxygen atoms in total. The molecule has 0 radical (unpaired) electrons. The summed E-state index contributed by atoms with van der Waals surface area (Å²) in [5.41, 5.74) is 5.48. The minimum atomic E-state index is 0. The highest BCUT2D eigenvalue weighted by Gasteiger charge is 2.28. The number of rotatable bonds is 1. The lowest BCUT2D eigenvalue weighted by molar-refractivity contribution is -0.137. The van der Waals surface area contributed by atoms with Crippen molar-refractivity contribution >= 4 is 18.3 Å². The van der Waals surface area contributed by atoms with Gasteiger partial charge in [0.25, 0.3) is 0 Å². The predicted molar refractivity (Wildman–Crippen MR) is 87.9 cm³/mol. The van der Waals surface area contributed by atoms with Crippen LogP contribution in [0.1, 0.15) is 35.1 Å². The summed E-state index contributed by atoms with van der Waals surface area (Å²) in [7, 11) is 0. The summed E-state index contributed by atoms with van der Waals surface area (Å²) in [5.74, 6) is 0.611. The van der Waals surface area contributed by atoms with E-state index in [2.05, 4.69) is 36.2 Å². The molecule has 1 amide bonds. The first-order valence-electron chi connectivity index (χ1n) is 7.73. The Labute approximate surface area is 133 Å². The van der Waals surface area contributed by atoms with Gasteiger partial charge in [0.05, 0.1) is 0 Å². The molecule has 116 valence electrons. The second kappa shape index (κ2) is 6.80. The van der Waals surface area contributed by atoms with Gasteiger partial charge in [-0.2, -0.15) is 0 Å². The molecule has 0 unspecified atom stereocenters. The van der Waals surface area contributed by atoms with E-state index in [0.717, 1.165) is 45.4 Å². The zero-order valence-electron chi connectivity index (χ0n) is 12.9. The average molecular weight is 309 g/mol. The lowest BCUT2D eigenvalue weighted by Gasteiger charge is -2.33. The van der Waals surface area contributed by atoms with Gasteiger partial charge in [0, 0.05) is 19.0 Å². The maximum Gasteiger partial charge on any atom is 0.226 e. The molecule has 3 rings (SSSR count). The third-order valence-corrected chi connectivity index (χ3v) is 4.83. The molecule has 1 fully saturated rings. The van der Waals surface area contributed by atoms with Crippen molar-refractivity contribution in [3.63, 3.8) is 0 Å². The van der Waals surface area contributed by atoms with Gasteiger partial charge in [-0.25, -0.2) is 0 Å². The lowest BCUT2D eigenvalue weighted by Crippen LogP contribution is -2.43. The van der Waals surface area contributed by atoms with Crippen molar-refractivity contribution in [3.8, 4) is 0 Å². The molecular weight excluding hydrogens is 284 g/mol. The number of nitrogens with zero attached hydrogens (tertiary/aromatic N) is 1. The van der Waals surface area contributed by atoms with Gasteiger partial charge in [-0.15, -0.1) is 12.4 Å². The highest BCUT2D eigenvalue weighted by molar-refractivity contribution is 5.85. The lowest BCUT2D eigenvalue weighted by atomic mass is 9.92. The zero-order chi connectivity index (χ0) is 14.1. The number of hydrogen-bond donors (Lipinski definition) is 1. The molecule has 0 saturated carbocycles. The van der Waals surface area contributed by atoms with E-state index in [9.17, 15) is 4.79 Å². The number of aryl methyl sites for hydroxylation is 2. The van der Waals surface area contributed by atoms with E-state index in [1.807, 2.05) is 0 Å². The number of fused-ring (bicyclic) bond motifs is 1. The molecule has 1 aromatic rings. The van der Waals surface area contributed by atoms with Gasteiger partial charge in [0.2, 0.25) is 5.91 Å². The number of piperidine rings is 1. The number of carbonyl (C=O) groups is 1. The maximum atomic E-state index is 12.6. The topological polar surface area (TPSA) is 32.3 Å². The Bertz CT molecular complexity index is 524. The highest BCUT2D eigenvalue weighted by Crippen LogP contribution is 2.25. The first kappa shape index (κ1) is 16.3. The van der Waals surface area contributed by atoms with Gasteiger partial charge in [0.15, 0.2) is 0 Å². The van der Waals surface area contributed by atoms with Crippen LogP contribution in [0.4, 0.5) is 0 Å². The second-order valence-electron chi connectivity index (χ2n) is 6.24. The van der Waals surface area contributed by atoms with Crippen molar-refractivity contribution in [2.75, 3.05) is 19.6 Å². The Balaban J connectivity index is 0.00000161.